The second-order valence-corrected chi connectivity index (χ2v) is 6.19. The highest BCUT2D eigenvalue weighted by Crippen LogP contribution is 2.35. The molecule has 0 unspecified atom stereocenters. The van der Waals surface area contributed by atoms with E-state index >= 15 is 0 Å². The Bertz CT molecular complexity index is 897. The van der Waals surface area contributed by atoms with Gasteiger partial charge in [-0.1, -0.05) is 30.3 Å². The summed E-state index contributed by atoms with van der Waals surface area (Å²) in [4.78, 5) is 0.968. The number of nitriles is 1. The highest BCUT2D eigenvalue weighted by atomic mass is 32.1. The monoisotopic (exact) mass is 349 g/mol. The molecule has 4 heteroatoms. The van der Waals surface area contributed by atoms with Gasteiger partial charge in [-0.25, -0.2) is 8.78 Å². The van der Waals surface area contributed by atoms with Gasteiger partial charge in [-0.05, 0) is 58.5 Å². The van der Waals surface area contributed by atoms with Gasteiger partial charge in [0.05, 0.1) is 6.07 Å². The quantitative estimate of drug-likeness (QED) is 0.414. The number of thiophene rings is 1. The number of rotatable bonds is 4. The summed E-state index contributed by atoms with van der Waals surface area (Å²) in [5, 5.41) is 10.9. The van der Waals surface area contributed by atoms with Crippen LogP contribution in [-0.2, 0) is 0 Å². The molecule has 0 atom stereocenters. The Balaban J connectivity index is 2.30. The number of halogens is 2. The lowest BCUT2D eigenvalue weighted by atomic mass is 9.92. The normalized spacial score (nSPS) is 10.6. The van der Waals surface area contributed by atoms with Gasteiger partial charge in [-0.2, -0.15) is 5.26 Å². The third-order valence-electron chi connectivity index (χ3n) is 3.65. The van der Waals surface area contributed by atoms with Crippen LogP contribution in [0.25, 0.3) is 11.1 Å². The third kappa shape index (κ3) is 3.90. The number of benzene rings is 2. The molecule has 0 fully saturated rings. The average Bonchev–Trinajstić information content (AvgIpc) is 3.15. The smallest absolute Gasteiger partial charge is 0.123 e. The van der Waals surface area contributed by atoms with Gasteiger partial charge in [0.1, 0.15) is 11.6 Å². The molecule has 0 saturated carbocycles. The lowest BCUT2D eigenvalue weighted by molar-refractivity contribution is 0.627. The van der Waals surface area contributed by atoms with Gasteiger partial charge in [0, 0.05) is 16.5 Å². The summed E-state index contributed by atoms with van der Waals surface area (Å²) >= 11 is 1.54. The van der Waals surface area contributed by atoms with Crippen molar-refractivity contribution in [2.75, 3.05) is 0 Å². The molecule has 0 amide bonds. The highest BCUT2D eigenvalue weighted by molar-refractivity contribution is 7.11. The fourth-order valence-electron chi connectivity index (χ4n) is 2.55. The first-order valence-electron chi connectivity index (χ1n) is 7.55. The standard InChI is InChI=1S/C21H13F2NS/c22-17-9-5-15(6-10-17)21(16-7-11-18(23)12-8-16)19(3-1-13-24)20-4-2-14-25-20/h1-12,14H. The van der Waals surface area contributed by atoms with Crippen molar-refractivity contribution >= 4 is 22.5 Å². The van der Waals surface area contributed by atoms with Gasteiger partial charge in [0.25, 0.3) is 0 Å². The van der Waals surface area contributed by atoms with Crippen molar-refractivity contribution in [2.45, 2.75) is 0 Å². The van der Waals surface area contributed by atoms with E-state index in [1.165, 1.54) is 41.7 Å². The summed E-state index contributed by atoms with van der Waals surface area (Å²) in [7, 11) is 0. The summed E-state index contributed by atoms with van der Waals surface area (Å²) in [6.07, 6.45) is 3.13. The molecule has 2 aromatic carbocycles. The maximum atomic E-state index is 13.4. The van der Waals surface area contributed by atoms with E-state index in [0.717, 1.165) is 27.2 Å². The molecule has 25 heavy (non-hydrogen) atoms. The zero-order valence-corrected chi connectivity index (χ0v) is 13.9. The van der Waals surface area contributed by atoms with Crippen LogP contribution in [0, 0.1) is 23.0 Å². The number of allylic oxidation sites excluding steroid dienone is 3. The Morgan fingerprint density at radius 3 is 1.88 bits per heavy atom. The minimum absolute atomic E-state index is 0.326. The molecule has 0 aliphatic rings. The van der Waals surface area contributed by atoms with Crippen molar-refractivity contribution in [2.24, 2.45) is 0 Å². The van der Waals surface area contributed by atoms with E-state index in [4.69, 9.17) is 5.26 Å². The minimum Gasteiger partial charge on any atom is -0.207 e. The molecule has 1 nitrogen and oxygen atoms in total. The number of hydrogen-bond acceptors (Lipinski definition) is 2. The fourth-order valence-corrected chi connectivity index (χ4v) is 3.31. The van der Waals surface area contributed by atoms with Gasteiger partial charge in [0.2, 0.25) is 0 Å². The van der Waals surface area contributed by atoms with Gasteiger partial charge in [0.15, 0.2) is 0 Å². The maximum absolute atomic E-state index is 13.4. The fraction of sp³-hybridized carbons (Fsp3) is 0. The summed E-state index contributed by atoms with van der Waals surface area (Å²) in [6, 6.07) is 18.2. The zero-order chi connectivity index (χ0) is 17.6. The lowest BCUT2D eigenvalue weighted by Gasteiger charge is -2.13. The van der Waals surface area contributed by atoms with Crippen molar-refractivity contribution in [3.05, 3.63) is 106 Å². The van der Waals surface area contributed by atoms with Gasteiger partial charge in [-0.3, -0.25) is 0 Å². The van der Waals surface area contributed by atoms with Gasteiger partial charge < -0.3 is 0 Å². The number of hydrogen-bond donors (Lipinski definition) is 0. The summed E-state index contributed by atoms with van der Waals surface area (Å²) < 4.78 is 26.7. The van der Waals surface area contributed by atoms with E-state index in [9.17, 15) is 8.78 Å². The Labute approximate surface area is 148 Å². The van der Waals surface area contributed by atoms with Crippen molar-refractivity contribution in [3.63, 3.8) is 0 Å². The van der Waals surface area contributed by atoms with Crippen molar-refractivity contribution in [1.29, 1.82) is 5.26 Å². The predicted molar refractivity (Wildman–Crippen MR) is 97.8 cm³/mol. The molecule has 0 radical (unpaired) electrons. The van der Waals surface area contributed by atoms with E-state index in [1.807, 2.05) is 23.6 Å². The van der Waals surface area contributed by atoms with Gasteiger partial charge in [-0.15, -0.1) is 11.3 Å². The van der Waals surface area contributed by atoms with E-state index in [2.05, 4.69) is 0 Å². The zero-order valence-electron chi connectivity index (χ0n) is 13.1. The maximum Gasteiger partial charge on any atom is 0.123 e. The van der Waals surface area contributed by atoms with Crippen LogP contribution >= 0.6 is 11.3 Å². The Hall–Kier alpha value is -3.03. The van der Waals surface area contributed by atoms with Crippen LogP contribution in [-0.4, -0.2) is 0 Å². The molecule has 0 spiro atoms. The molecule has 0 aliphatic heterocycles. The number of nitrogens with zero attached hydrogens (tertiary/aromatic N) is 1. The molecule has 0 N–H and O–H groups in total. The molecule has 3 rings (SSSR count). The first-order chi connectivity index (χ1) is 12.2. The minimum atomic E-state index is -0.326. The summed E-state index contributed by atoms with van der Waals surface area (Å²) in [6.45, 7) is 0. The van der Waals surface area contributed by atoms with Crippen LogP contribution in [0.1, 0.15) is 16.0 Å². The van der Waals surface area contributed by atoms with Gasteiger partial charge >= 0.3 is 0 Å². The van der Waals surface area contributed by atoms with E-state index in [0.29, 0.717) is 0 Å². The van der Waals surface area contributed by atoms with Crippen LogP contribution in [0.2, 0.25) is 0 Å². The largest absolute Gasteiger partial charge is 0.207 e. The van der Waals surface area contributed by atoms with Crippen LogP contribution in [0.15, 0.2) is 78.2 Å². The van der Waals surface area contributed by atoms with Crippen molar-refractivity contribution < 1.29 is 8.78 Å². The molecular weight excluding hydrogens is 336 g/mol. The predicted octanol–water partition coefficient (Wildman–Crippen LogP) is 6.07. The summed E-state index contributed by atoms with van der Waals surface area (Å²) in [5.41, 5.74) is 3.22. The molecule has 0 saturated heterocycles. The Kier molecular flexibility index (Phi) is 5.17. The molecule has 0 bridgehead atoms. The van der Waals surface area contributed by atoms with Crippen LogP contribution < -0.4 is 0 Å². The first-order valence-corrected chi connectivity index (χ1v) is 8.43. The van der Waals surface area contributed by atoms with E-state index in [-0.39, 0.29) is 11.6 Å². The van der Waals surface area contributed by atoms with E-state index in [1.54, 1.807) is 30.3 Å². The lowest BCUT2D eigenvalue weighted by Crippen LogP contribution is -1.93. The highest BCUT2D eigenvalue weighted by Gasteiger charge is 2.13. The van der Waals surface area contributed by atoms with E-state index < -0.39 is 0 Å². The first kappa shape index (κ1) is 16.8. The second kappa shape index (κ2) is 7.69. The topological polar surface area (TPSA) is 23.8 Å². The molecule has 1 aromatic heterocycles. The molecule has 1 heterocycles. The van der Waals surface area contributed by atoms with Crippen molar-refractivity contribution in [3.8, 4) is 6.07 Å². The molecule has 3 aromatic rings. The van der Waals surface area contributed by atoms with Crippen LogP contribution in [0.3, 0.4) is 0 Å². The average molecular weight is 349 g/mol. The molecule has 122 valence electrons. The second-order valence-electron chi connectivity index (χ2n) is 5.24. The SMILES string of the molecule is N#CC=CC(=C(c1ccc(F)cc1)c1ccc(F)cc1)c1cccs1. The Morgan fingerprint density at radius 1 is 0.880 bits per heavy atom. The van der Waals surface area contributed by atoms with Crippen LogP contribution in [0.5, 0.6) is 0 Å². The molecular formula is C21H13F2NS. The van der Waals surface area contributed by atoms with Crippen molar-refractivity contribution in [1.82, 2.24) is 0 Å². The van der Waals surface area contributed by atoms with Crippen LogP contribution in [0.4, 0.5) is 8.78 Å². The Morgan fingerprint density at radius 2 is 1.44 bits per heavy atom. The molecule has 0 aliphatic carbocycles. The third-order valence-corrected chi connectivity index (χ3v) is 4.55. The summed E-state index contributed by atoms with van der Waals surface area (Å²) in [5.74, 6) is -0.653.